The maximum atomic E-state index is 15.0. The summed E-state index contributed by atoms with van der Waals surface area (Å²) in [5.74, 6) is -0.579. The van der Waals surface area contributed by atoms with Gasteiger partial charge in [0.25, 0.3) is 17.5 Å². The molecule has 2 N–H and O–H groups in total. The molecule has 0 aliphatic carbocycles. The van der Waals surface area contributed by atoms with Gasteiger partial charge < -0.3 is 29.2 Å². The Labute approximate surface area is 319 Å². The van der Waals surface area contributed by atoms with E-state index in [9.17, 15) is 34.4 Å². The van der Waals surface area contributed by atoms with Gasteiger partial charge in [-0.15, -0.1) is 0 Å². The molecule has 2 fully saturated rings. The lowest BCUT2D eigenvalue weighted by Gasteiger charge is -2.32. The Bertz CT molecular complexity index is 2210. The molecule has 8 rings (SSSR count). The summed E-state index contributed by atoms with van der Waals surface area (Å²) in [5, 5.41) is 22.0. The molecule has 1 spiro atoms. The third-order valence-corrected chi connectivity index (χ3v) is 14.1. The normalized spacial score (nSPS) is 24.4. The van der Waals surface area contributed by atoms with E-state index in [1.807, 2.05) is 43.3 Å². The number of rotatable bonds is 8. The van der Waals surface area contributed by atoms with E-state index in [-0.39, 0.29) is 43.1 Å². The van der Waals surface area contributed by atoms with Gasteiger partial charge in [0.05, 0.1) is 53.6 Å². The van der Waals surface area contributed by atoms with E-state index in [4.69, 9.17) is 9.47 Å². The maximum Gasteiger partial charge on any atom is 0.269 e. The number of hydrogen-bond acceptors (Lipinski definition) is 9. The molecular formula is C41H42N4O9Si. The molecule has 14 heteroatoms. The number of amides is 3. The minimum atomic E-state index is -3.13. The maximum absolute atomic E-state index is 15.0. The number of ether oxygens (including phenoxy) is 2. The Hall–Kier alpha value is -5.41. The third-order valence-electron chi connectivity index (χ3n) is 11.6. The second-order valence-corrected chi connectivity index (χ2v) is 19.3. The highest BCUT2D eigenvalue weighted by Gasteiger charge is 2.67. The van der Waals surface area contributed by atoms with Crippen molar-refractivity contribution in [2.45, 2.75) is 69.1 Å². The van der Waals surface area contributed by atoms with Crippen LogP contribution in [-0.2, 0) is 26.5 Å². The second-order valence-electron chi connectivity index (χ2n) is 15.4. The number of carbonyl (C=O) groups excluding carboxylic acids is 3. The Morgan fingerprint density at radius 3 is 2.40 bits per heavy atom. The number of para-hydroxylation sites is 3. The Balaban J connectivity index is 1.14. The van der Waals surface area contributed by atoms with Gasteiger partial charge in [-0.3, -0.25) is 29.4 Å². The predicted octanol–water partition coefficient (Wildman–Crippen LogP) is 6.40. The fraction of sp³-hybridized carbons (Fsp3) is 0.341. The largest absolute Gasteiger partial charge is 0.454 e. The van der Waals surface area contributed by atoms with Crippen LogP contribution in [0.1, 0.15) is 47.7 Å². The average molecular weight is 763 g/mol. The van der Waals surface area contributed by atoms with E-state index >= 15 is 0 Å². The van der Waals surface area contributed by atoms with Crippen LogP contribution in [0, 0.1) is 16.0 Å². The third kappa shape index (κ3) is 6.00. The summed E-state index contributed by atoms with van der Waals surface area (Å²) in [5.41, 5.74) is 0.598. The van der Waals surface area contributed by atoms with Crippen LogP contribution >= 0.6 is 0 Å². The molecule has 284 valence electrons. The average Bonchev–Trinajstić information content (AvgIpc) is 3.80. The zero-order valence-corrected chi connectivity index (χ0v) is 31.8. The van der Waals surface area contributed by atoms with Crippen LogP contribution in [0.3, 0.4) is 0 Å². The molecule has 4 aromatic rings. The monoisotopic (exact) mass is 762 g/mol. The van der Waals surface area contributed by atoms with E-state index < -0.39 is 42.3 Å². The van der Waals surface area contributed by atoms with Crippen molar-refractivity contribution >= 4 is 48.8 Å². The van der Waals surface area contributed by atoms with E-state index in [0.717, 1.165) is 12.0 Å². The lowest BCUT2D eigenvalue weighted by molar-refractivity contribution is -0.385. The quantitative estimate of drug-likeness (QED) is 0.118. The molecule has 0 saturated carbocycles. The van der Waals surface area contributed by atoms with Gasteiger partial charge in [-0.25, -0.2) is 0 Å². The van der Waals surface area contributed by atoms with Crippen molar-refractivity contribution in [3.05, 3.63) is 118 Å². The smallest absolute Gasteiger partial charge is 0.269 e. The minimum Gasteiger partial charge on any atom is -0.454 e. The molecule has 13 nitrogen and oxygen atoms in total. The van der Waals surface area contributed by atoms with Crippen molar-refractivity contribution in [1.82, 2.24) is 4.90 Å². The first-order valence-corrected chi connectivity index (χ1v) is 21.6. The van der Waals surface area contributed by atoms with Gasteiger partial charge in [-0.2, -0.15) is 0 Å². The number of fused-ring (bicyclic) bond motifs is 4. The summed E-state index contributed by atoms with van der Waals surface area (Å²) < 4.78 is 12.9. The number of non-ortho nitro benzene ring substituents is 1. The highest BCUT2D eigenvalue weighted by molar-refractivity contribution is 6.71. The van der Waals surface area contributed by atoms with E-state index in [1.54, 1.807) is 70.3 Å². The molecule has 0 unspecified atom stereocenters. The van der Waals surface area contributed by atoms with Crippen LogP contribution in [0.15, 0.2) is 91.0 Å². The van der Waals surface area contributed by atoms with Crippen LogP contribution in [0.4, 0.5) is 22.7 Å². The van der Waals surface area contributed by atoms with E-state index in [0.29, 0.717) is 52.7 Å². The summed E-state index contributed by atoms with van der Waals surface area (Å²) in [6, 6.07) is 25.6. The van der Waals surface area contributed by atoms with Gasteiger partial charge in [0.15, 0.2) is 19.7 Å². The Morgan fingerprint density at radius 2 is 1.69 bits per heavy atom. The molecule has 2 saturated heterocycles. The molecule has 3 amide bonds. The number of hydrogen-bond donors (Lipinski definition) is 2. The van der Waals surface area contributed by atoms with Crippen LogP contribution in [-0.4, -0.2) is 71.1 Å². The van der Waals surface area contributed by atoms with Gasteiger partial charge >= 0.3 is 0 Å². The van der Waals surface area contributed by atoms with Crippen LogP contribution in [0.5, 0.6) is 11.5 Å². The highest BCUT2D eigenvalue weighted by Crippen LogP contribution is 2.60. The molecule has 55 heavy (non-hydrogen) atoms. The SMILES string of the molecule is C[C@@H]1[C@@H]([Si](C)(C)O)[C@H](CC(=O)N2CCC[C@H]2CO)O[C@@]12C(=O)N(Cc1ccc(N3C(=O)c4ccccc4Oc4ccccc43)cc1)c1ccc([N+](=O)[O-])cc12. The highest BCUT2D eigenvalue weighted by atomic mass is 28.4. The molecule has 4 aliphatic rings. The van der Waals surface area contributed by atoms with Crippen LogP contribution < -0.4 is 14.5 Å². The van der Waals surface area contributed by atoms with Crippen molar-refractivity contribution < 1.29 is 38.7 Å². The van der Waals surface area contributed by atoms with Gasteiger partial charge in [0, 0.05) is 41.4 Å². The van der Waals surface area contributed by atoms with Gasteiger partial charge in [0.2, 0.25) is 5.91 Å². The van der Waals surface area contributed by atoms with Gasteiger partial charge in [-0.05, 0) is 74.0 Å². The standard InChI is InChI=1S/C41H42N4O9Si/c1-25-38(55(2,3)52)36(22-37(47)42-20-8-9-29(42)24-46)54-41(25)31-21-28(45(50)51)18-19-32(31)43(40(41)49)23-26-14-16-27(17-15-26)44-33-11-5-7-13-35(33)53-34-12-6-4-10-30(34)39(44)48/h4-7,10-19,21,25,29,36,38,46,52H,8-9,20,22-24H2,1-3H3/t25-,29+,36+,38-,41+/m1/s1. The first-order valence-electron chi connectivity index (χ1n) is 18.5. The summed E-state index contributed by atoms with van der Waals surface area (Å²) in [7, 11) is -3.13. The number of anilines is 3. The van der Waals surface area contributed by atoms with Crippen LogP contribution in [0.25, 0.3) is 0 Å². The molecule has 4 aromatic carbocycles. The molecule has 0 bridgehead atoms. The number of nitro groups is 1. The number of carbonyl (C=O) groups is 3. The minimum absolute atomic E-state index is 0.0817. The molecule has 0 radical (unpaired) electrons. The lowest BCUT2D eigenvalue weighted by Crippen LogP contribution is -2.46. The second kappa shape index (κ2) is 13.7. The summed E-state index contributed by atoms with van der Waals surface area (Å²) in [6.07, 6.45) is 0.513. The number of nitro benzene ring substituents is 1. The number of aliphatic hydroxyl groups is 1. The van der Waals surface area contributed by atoms with Crippen molar-refractivity contribution in [3.63, 3.8) is 0 Å². The Kier molecular flexibility index (Phi) is 9.11. The number of likely N-dealkylation sites (tertiary alicyclic amines) is 1. The van der Waals surface area contributed by atoms with Crippen molar-refractivity contribution in [2.24, 2.45) is 5.92 Å². The first-order chi connectivity index (χ1) is 26.3. The number of aliphatic hydroxyl groups excluding tert-OH is 1. The first kappa shape index (κ1) is 36.6. The molecule has 4 heterocycles. The molecule has 0 aromatic heterocycles. The molecular weight excluding hydrogens is 721 g/mol. The fourth-order valence-electron chi connectivity index (χ4n) is 9.18. The summed E-state index contributed by atoms with van der Waals surface area (Å²) >= 11 is 0. The topological polar surface area (TPSA) is 163 Å². The van der Waals surface area contributed by atoms with Gasteiger partial charge in [-0.1, -0.05) is 43.3 Å². The van der Waals surface area contributed by atoms with Gasteiger partial charge in [0.1, 0.15) is 5.75 Å². The van der Waals surface area contributed by atoms with Crippen molar-refractivity contribution in [3.8, 4) is 11.5 Å². The zero-order chi connectivity index (χ0) is 38.8. The fourth-order valence-corrected chi connectivity index (χ4v) is 11.7. The van der Waals surface area contributed by atoms with E-state index in [2.05, 4.69) is 0 Å². The summed E-state index contributed by atoms with van der Waals surface area (Å²) in [6.45, 7) is 5.76. The number of benzene rings is 4. The lowest BCUT2D eigenvalue weighted by atomic mass is 9.82. The Morgan fingerprint density at radius 1 is 0.982 bits per heavy atom. The van der Waals surface area contributed by atoms with E-state index in [1.165, 1.54) is 12.1 Å². The summed E-state index contributed by atoms with van der Waals surface area (Å²) in [4.78, 5) is 70.6. The van der Waals surface area contributed by atoms with Crippen molar-refractivity contribution in [2.75, 3.05) is 23.0 Å². The molecule has 4 aliphatic heterocycles. The van der Waals surface area contributed by atoms with Crippen LogP contribution in [0.2, 0.25) is 18.6 Å². The number of nitrogens with zero attached hydrogens (tertiary/aromatic N) is 4. The predicted molar refractivity (Wildman–Crippen MR) is 206 cm³/mol. The van der Waals surface area contributed by atoms with Crippen molar-refractivity contribution in [1.29, 1.82) is 0 Å². The zero-order valence-electron chi connectivity index (χ0n) is 30.8. The molecule has 5 atom stereocenters.